The highest BCUT2D eigenvalue weighted by atomic mass is 16.3. The molecule has 0 aliphatic carbocycles. The Morgan fingerprint density at radius 3 is 2.48 bits per heavy atom. The SMILES string of the molecule is CCc1ccccc1Nc1nc(N)nc(CN2CCC(C(=O)Nc3ccccc3O)CC2)n1. The molecule has 1 saturated heterocycles. The number of aromatic nitrogens is 3. The number of anilines is 4. The molecule has 0 unspecified atom stereocenters. The molecule has 0 saturated carbocycles. The maximum Gasteiger partial charge on any atom is 0.232 e. The zero-order valence-corrected chi connectivity index (χ0v) is 18.7. The summed E-state index contributed by atoms with van der Waals surface area (Å²) in [6.45, 7) is 4.11. The third-order valence-corrected chi connectivity index (χ3v) is 5.83. The largest absolute Gasteiger partial charge is 0.506 e. The average molecular weight is 448 g/mol. The molecule has 0 atom stereocenters. The number of rotatable bonds is 7. The molecule has 172 valence electrons. The molecule has 1 aliphatic heterocycles. The second-order valence-electron chi connectivity index (χ2n) is 8.13. The van der Waals surface area contributed by atoms with E-state index < -0.39 is 0 Å². The molecule has 1 amide bonds. The van der Waals surface area contributed by atoms with E-state index in [0.29, 0.717) is 24.0 Å². The Morgan fingerprint density at radius 2 is 1.76 bits per heavy atom. The molecule has 1 aliphatic rings. The zero-order chi connectivity index (χ0) is 23.2. The minimum Gasteiger partial charge on any atom is -0.506 e. The van der Waals surface area contributed by atoms with E-state index >= 15 is 0 Å². The van der Waals surface area contributed by atoms with Gasteiger partial charge in [0, 0.05) is 11.6 Å². The molecule has 5 N–H and O–H groups in total. The number of piperidine rings is 1. The molecule has 0 bridgehead atoms. The van der Waals surface area contributed by atoms with Crippen LogP contribution in [0.2, 0.25) is 0 Å². The molecular formula is C24H29N7O2. The van der Waals surface area contributed by atoms with E-state index in [1.165, 1.54) is 5.56 Å². The summed E-state index contributed by atoms with van der Waals surface area (Å²) < 4.78 is 0. The highest BCUT2D eigenvalue weighted by Crippen LogP contribution is 2.25. The lowest BCUT2D eigenvalue weighted by Gasteiger charge is -2.30. The van der Waals surface area contributed by atoms with Crippen molar-refractivity contribution < 1.29 is 9.90 Å². The van der Waals surface area contributed by atoms with Gasteiger partial charge in [0.1, 0.15) is 11.6 Å². The van der Waals surface area contributed by atoms with Crippen LogP contribution in [-0.2, 0) is 17.8 Å². The van der Waals surface area contributed by atoms with Crippen LogP contribution in [0.25, 0.3) is 0 Å². The van der Waals surface area contributed by atoms with E-state index in [0.717, 1.165) is 38.0 Å². The second kappa shape index (κ2) is 10.3. The number of aromatic hydroxyl groups is 1. The number of hydrogen-bond donors (Lipinski definition) is 4. The van der Waals surface area contributed by atoms with Gasteiger partial charge in [0.15, 0.2) is 0 Å². The molecular weight excluding hydrogens is 418 g/mol. The quantitative estimate of drug-likeness (QED) is 0.406. The van der Waals surface area contributed by atoms with Crippen molar-refractivity contribution in [3.8, 4) is 5.75 Å². The fraction of sp³-hybridized carbons (Fsp3) is 0.333. The number of para-hydroxylation sites is 3. The van der Waals surface area contributed by atoms with Gasteiger partial charge in [-0.15, -0.1) is 0 Å². The molecule has 1 fully saturated rings. The first kappa shape index (κ1) is 22.5. The van der Waals surface area contributed by atoms with E-state index in [2.05, 4.69) is 43.5 Å². The summed E-state index contributed by atoms with van der Waals surface area (Å²) >= 11 is 0. The number of hydrogen-bond acceptors (Lipinski definition) is 8. The van der Waals surface area contributed by atoms with Crippen LogP contribution < -0.4 is 16.4 Å². The number of nitrogens with zero attached hydrogens (tertiary/aromatic N) is 4. The first-order valence-electron chi connectivity index (χ1n) is 11.2. The average Bonchev–Trinajstić information content (AvgIpc) is 2.81. The van der Waals surface area contributed by atoms with Gasteiger partial charge < -0.3 is 21.5 Å². The molecule has 0 radical (unpaired) electrons. The van der Waals surface area contributed by atoms with Crippen molar-refractivity contribution in [2.45, 2.75) is 32.7 Å². The molecule has 4 rings (SSSR count). The molecule has 2 heterocycles. The Kier molecular flexibility index (Phi) is 6.99. The van der Waals surface area contributed by atoms with Crippen LogP contribution in [0, 0.1) is 5.92 Å². The second-order valence-corrected chi connectivity index (χ2v) is 8.13. The zero-order valence-electron chi connectivity index (χ0n) is 18.7. The van der Waals surface area contributed by atoms with E-state index in [9.17, 15) is 9.90 Å². The van der Waals surface area contributed by atoms with E-state index in [4.69, 9.17) is 5.73 Å². The summed E-state index contributed by atoms with van der Waals surface area (Å²) in [5.74, 6) is 1.09. The van der Waals surface area contributed by atoms with Crippen LogP contribution in [0.1, 0.15) is 31.2 Å². The summed E-state index contributed by atoms with van der Waals surface area (Å²) in [4.78, 5) is 27.9. The van der Waals surface area contributed by atoms with E-state index in [1.807, 2.05) is 18.2 Å². The number of carbonyl (C=O) groups excluding carboxylic acids is 1. The monoisotopic (exact) mass is 447 g/mol. The van der Waals surface area contributed by atoms with Gasteiger partial charge in [-0.25, -0.2) is 0 Å². The minimum atomic E-state index is -0.105. The van der Waals surface area contributed by atoms with Gasteiger partial charge >= 0.3 is 0 Å². The number of amides is 1. The number of carbonyl (C=O) groups is 1. The van der Waals surface area contributed by atoms with Gasteiger partial charge in [-0.05, 0) is 56.1 Å². The van der Waals surface area contributed by atoms with Crippen LogP contribution in [-0.4, -0.2) is 44.0 Å². The highest BCUT2D eigenvalue weighted by molar-refractivity contribution is 5.93. The Balaban J connectivity index is 1.34. The van der Waals surface area contributed by atoms with Crippen LogP contribution in [0.15, 0.2) is 48.5 Å². The van der Waals surface area contributed by atoms with Crippen LogP contribution >= 0.6 is 0 Å². The van der Waals surface area contributed by atoms with Crippen molar-refractivity contribution in [3.63, 3.8) is 0 Å². The molecule has 9 nitrogen and oxygen atoms in total. The maximum absolute atomic E-state index is 12.6. The number of phenolic OH excluding ortho intramolecular Hbond substituents is 1. The van der Waals surface area contributed by atoms with Crippen molar-refractivity contribution in [1.82, 2.24) is 19.9 Å². The van der Waals surface area contributed by atoms with Gasteiger partial charge in [-0.1, -0.05) is 37.3 Å². The number of nitrogens with two attached hydrogens (primary N) is 1. The Hall–Kier alpha value is -3.72. The van der Waals surface area contributed by atoms with Gasteiger partial charge in [0.25, 0.3) is 0 Å². The normalized spacial score (nSPS) is 14.7. The molecule has 0 spiro atoms. The third-order valence-electron chi connectivity index (χ3n) is 5.83. The number of phenols is 1. The summed E-state index contributed by atoms with van der Waals surface area (Å²) in [5, 5.41) is 16.0. The van der Waals surface area contributed by atoms with Crippen LogP contribution in [0.5, 0.6) is 5.75 Å². The lowest BCUT2D eigenvalue weighted by molar-refractivity contribution is -0.121. The summed E-state index contributed by atoms with van der Waals surface area (Å²) in [6, 6.07) is 14.8. The van der Waals surface area contributed by atoms with Gasteiger partial charge in [0.2, 0.25) is 17.8 Å². The van der Waals surface area contributed by atoms with Crippen LogP contribution in [0.3, 0.4) is 0 Å². The van der Waals surface area contributed by atoms with Crippen LogP contribution in [0.4, 0.5) is 23.3 Å². The first-order valence-corrected chi connectivity index (χ1v) is 11.2. The molecule has 33 heavy (non-hydrogen) atoms. The minimum absolute atomic E-state index is 0.0679. The highest BCUT2D eigenvalue weighted by Gasteiger charge is 2.26. The van der Waals surface area contributed by atoms with Crippen molar-refractivity contribution >= 4 is 29.2 Å². The predicted octanol–water partition coefficient (Wildman–Crippen LogP) is 3.32. The first-order chi connectivity index (χ1) is 16.0. The van der Waals surface area contributed by atoms with Crippen molar-refractivity contribution in [2.24, 2.45) is 5.92 Å². The van der Waals surface area contributed by atoms with Gasteiger partial charge in [-0.2, -0.15) is 15.0 Å². The van der Waals surface area contributed by atoms with Crippen molar-refractivity contribution in [3.05, 3.63) is 59.9 Å². The number of aryl methyl sites for hydroxylation is 1. The Morgan fingerprint density at radius 1 is 1.06 bits per heavy atom. The molecule has 1 aromatic heterocycles. The molecule has 2 aromatic carbocycles. The summed E-state index contributed by atoms with van der Waals surface area (Å²) in [5.41, 5.74) is 8.50. The van der Waals surface area contributed by atoms with Crippen molar-refractivity contribution in [2.75, 3.05) is 29.5 Å². The van der Waals surface area contributed by atoms with Gasteiger partial charge in [-0.3, -0.25) is 9.69 Å². The topological polar surface area (TPSA) is 129 Å². The number of benzene rings is 2. The number of likely N-dealkylation sites (tertiary alicyclic amines) is 1. The maximum atomic E-state index is 12.6. The number of nitrogen functional groups attached to an aromatic ring is 1. The lowest BCUT2D eigenvalue weighted by atomic mass is 9.95. The standard InChI is InChI=1S/C24H29N7O2/c1-2-16-7-3-4-8-18(16)27-24-29-21(28-23(25)30-24)15-31-13-11-17(12-14-31)22(33)26-19-9-5-6-10-20(19)32/h3-10,17,32H,2,11-15H2,1H3,(H,26,33)(H3,25,27,28,29,30). The predicted molar refractivity (Wildman–Crippen MR) is 128 cm³/mol. The van der Waals surface area contributed by atoms with Crippen molar-refractivity contribution in [1.29, 1.82) is 0 Å². The van der Waals surface area contributed by atoms with E-state index in [-0.39, 0.29) is 23.5 Å². The summed E-state index contributed by atoms with van der Waals surface area (Å²) in [6.07, 6.45) is 2.33. The molecule has 3 aromatic rings. The Bertz CT molecular complexity index is 1110. The fourth-order valence-corrected chi connectivity index (χ4v) is 4.00. The number of nitrogens with one attached hydrogen (secondary N) is 2. The third kappa shape index (κ3) is 5.75. The Labute approximate surface area is 193 Å². The van der Waals surface area contributed by atoms with E-state index in [1.54, 1.807) is 24.3 Å². The smallest absolute Gasteiger partial charge is 0.232 e. The lowest BCUT2D eigenvalue weighted by Crippen LogP contribution is -2.38. The fourth-order valence-electron chi connectivity index (χ4n) is 4.00. The summed E-state index contributed by atoms with van der Waals surface area (Å²) in [7, 11) is 0. The van der Waals surface area contributed by atoms with Gasteiger partial charge in [0.05, 0.1) is 12.2 Å². The molecule has 9 heteroatoms.